The molecular formula is C13H16ClNO3S. The second-order valence-electron chi connectivity index (χ2n) is 4.89. The lowest BCUT2D eigenvalue weighted by Gasteiger charge is -2.26. The number of hydrogen-bond acceptors (Lipinski definition) is 4. The van der Waals surface area contributed by atoms with E-state index >= 15 is 0 Å². The maximum absolute atomic E-state index is 11.5. The van der Waals surface area contributed by atoms with Crippen LogP contribution in [-0.2, 0) is 9.84 Å². The molecule has 104 valence electrons. The van der Waals surface area contributed by atoms with Crippen LogP contribution in [0.4, 0.5) is 5.69 Å². The van der Waals surface area contributed by atoms with Gasteiger partial charge in [-0.1, -0.05) is 11.6 Å². The van der Waals surface area contributed by atoms with E-state index in [9.17, 15) is 13.2 Å². The van der Waals surface area contributed by atoms with Gasteiger partial charge in [0.25, 0.3) is 0 Å². The molecular weight excluding hydrogens is 286 g/mol. The molecule has 2 rings (SSSR count). The van der Waals surface area contributed by atoms with Gasteiger partial charge in [-0.25, -0.2) is 8.42 Å². The van der Waals surface area contributed by atoms with Crippen molar-refractivity contribution in [3.8, 4) is 0 Å². The highest BCUT2D eigenvalue weighted by molar-refractivity contribution is 7.91. The summed E-state index contributed by atoms with van der Waals surface area (Å²) in [5, 5.41) is 0.472. The number of hydrogen-bond donors (Lipinski definition) is 0. The van der Waals surface area contributed by atoms with Gasteiger partial charge in [0.2, 0.25) is 0 Å². The minimum absolute atomic E-state index is 0.0421. The monoisotopic (exact) mass is 301 g/mol. The van der Waals surface area contributed by atoms with Gasteiger partial charge in [-0.05, 0) is 31.5 Å². The smallest absolute Gasteiger partial charge is 0.159 e. The Bertz CT molecular complexity index is 612. The number of anilines is 1. The summed E-state index contributed by atoms with van der Waals surface area (Å²) in [5.74, 6) is 0.346. The van der Waals surface area contributed by atoms with Gasteiger partial charge in [0.1, 0.15) is 0 Å². The first kappa shape index (κ1) is 14.3. The number of carbonyl (C=O) groups is 1. The molecule has 1 unspecified atom stereocenters. The highest BCUT2D eigenvalue weighted by Gasteiger charge is 2.31. The van der Waals surface area contributed by atoms with Crippen molar-refractivity contribution in [1.82, 2.24) is 0 Å². The van der Waals surface area contributed by atoms with Crippen molar-refractivity contribution >= 4 is 32.9 Å². The fraction of sp³-hybridized carbons (Fsp3) is 0.462. The van der Waals surface area contributed by atoms with Crippen LogP contribution in [0.25, 0.3) is 0 Å². The zero-order chi connectivity index (χ0) is 14.2. The summed E-state index contributed by atoms with van der Waals surface area (Å²) in [5.41, 5.74) is 1.31. The molecule has 0 radical (unpaired) electrons. The number of rotatable bonds is 3. The number of sulfone groups is 1. The van der Waals surface area contributed by atoms with Crippen LogP contribution in [-0.4, -0.2) is 38.8 Å². The van der Waals surface area contributed by atoms with E-state index in [4.69, 9.17) is 11.6 Å². The van der Waals surface area contributed by atoms with E-state index in [0.717, 1.165) is 5.69 Å². The largest absolute Gasteiger partial charge is 0.369 e. The third-order valence-electron chi connectivity index (χ3n) is 3.49. The quantitative estimate of drug-likeness (QED) is 0.803. The molecule has 6 heteroatoms. The average Bonchev–Trinajstić information content (AvgIpc) is 2.68. The molecule has 0 bridgehead atoms. The third kappa shape index (κ3) is 3.09. The first-order chi connectivity index (χ1) is 8.80. The van der Waals surface area contributed by atoms with Gasteiger partial charge in [0, 0.05) is 18.7 Å². The molecule has 0 saturated carbocycles. The molecule has 1 aromatic carbocycles. The molecule has 0 aromatic heterocycles. The van der Waals surface area contributed by atoms with E-state index in [1.165, 1.54) is 6.92 Å². The standard InChI is InChI=1S/C13H16ClNO3S/c1-9(16)10-3-4-13(12(14)7-10)15(2)11-5-6-19(17,18)8-11/h3-4,7,11H,5-6,8H2,1-2H3. The van der Waals surface area contributed by atoms with Crippen LogP contribution in [0, 0.1) is 0 Å². The van der Waals surface area contributed by atoms with Crippen LogP contribution >= 0.6 is 11.6 Å². The van der Waals surface area contributed by atoms with E-state index in [0.29, 0.717) is 17.0 Å². The fourth-order valence-corrected chi connectivity index (χ4v) is 4.38. The van der Waals surface area contributed by atoms with Gasteiger partial charge in [0.15, 0.2) is 15.6 Å². The summed E-state index contributed by atoms with van der Waals surface area (Å²) in [6, 6.07) is 5.05. The Morgan fingerprint density at radius 1 is 1.42 bits per heavy atom. The third-order valence-corrected chi connectivity index (χ3v) is 5.54. The molecule has 0 amide bonds. The van der Waals surface area contributed by atoms with Gasteiger partial charge in [-0.3, -0.25) is 4.79 Å². The lowest BCUT2D eigenvalue weighted by atomic mass is 10.1. The Hall–Kier alpha value is -1.07. The van der Waals surface area contributed by atoms with Crippen LogP contribution in [0.1, 0.15) is 23.7 Å². The summed E-state index contributed by atoms with van der Waals surface area (Å²) in [6.45, 7) is 1.48. The molecule has 1 atom stereocenters. The van der Waals surface area contributed by atoms with Gasteiger partial charge < -0.3 is 4.90 Å². The Morgan fingerprint density at radius 2 is 2.11 bits per heavy atom. The minimum Gasteiger partial charge on any atom is -0.369 e. The van der Waals surface area contributed by atoms with E-state index in [2.05, 4.69) is 0 Å². The summed E-state index contributed by atoms with van der Waals surface area (Å²) < 4.78 is 23.0. The van der Waals surface area contributed by atoms with E-state index < -0.39 is 9.84 Å². The van der Waals surface area contributed by atoms with Crippen molar-refractivity contribution in [3.05, 3.63) is 28.8 Å². The van der Waals surface area contributed by atoms with Crippen molar-refractivity contribution in [2.75, 3.05) is 23.5 Å². The van der Waals surface area contributed by atoms with Gasteiger partial charge in [-0.2, -0.15) is 0 Å². The summed E-state index contributed by atoms with van der Waals surface area (Å²) in [4.78, 5) is 13.2. The Kier molecular flexibility index (Phi) is 3.87. The number of carbonyl (C=O) groups excluding carboxylic acids is 1. The van der Waals surface area contributed by atoms with Crippen molar-refractivity contribution in [1.29, 1.82) is 0 Å². The summed E-state index contributed by atoms with van der Waals surface area (Å²) in [6.07, 6.45) is 0.615. The zero-order valence-corrected chi connectivity index (χ0v) is 12.5. The number of ketones is 1. The summed E-state index contributed by atoms with van der Waals surface area (Å²) in [7, 11) is -1.09. The molecule has 1 fully saturated rings. The minimum atomic E-state index is -2.92. The SMILES string of the molecule is CC(=O)c1ccc(N(C)C2CCS(=O)(=O)C2)c(Cl)c1. The Labute approximate surface area is 118 Å². The maximum Gasteiger partial charge on any atom is 0.159 e. The second kappa shape index (κ2) is 5.13. The molecule has 1 saturated heterocycles. The van der Waals surface area contributed by atoms with Crippen LogP contribution in [0.2, 0.25) is 5.02 Å². The van der Waals surface area contributed by atoms with Crippen molar-refractivity contribution in [2.24, 2.45) is 0 Å². The molecule has 0 N–H and O–H groups in total. The van der Waals surface area contributed by atoms with Crippen LogP contribution in [0.5, 0.6) is 0 Å². The molecule has 0 spiro atoms. The first-order valence-corrected chi connectivity index (χ1v) is 8.24. The van der Waals surface area contributed by atoms with Crippen molar-refractivity contribution in [2.45, 2.75) is 19.4 Å². The molecule has 1 heterocycles. The van der Waals surface area contributed by atoms with E-state index in [1.54, 1.807) is 18.2 Å². The lowest BCUT2D eigenvalue weighted by molar-refractivity contribution is 0.101. The fourth-order valence-electron chi connectivity index (χ4n) is 2.29. The average molecular weight is 302 g/mol. The summed E-state index contributed by atoms with van der Waals surface area (Å²) >= 11 is 6.17. The predicted octanol–water partition coefficient (Wildman–Crippen LogP) is 2.17. The van der Waals surface area contributed by atoms with Crippen LogP contribution < -0.4 is 4.90 Å². The molecule has 19 heavy (non-hydrogen) atoms. The molecule has 1 aromatic rings. The molecule has 4 nitrogen and oxygen atoms in total. The highest BCUT2D eigenvalue weighted by Crippen LogP contribution is 2.30. The second-order valence-corrected chi connectivity index (χ2v) is 7.53. The zero-order valence-electron chi connectivity index (χ0n) is 10.9. The predicted molar refractivity (Wildman–Crippen MR) is 76.9 cm³/mol. The first-order valence-electron chi connectivity index (χ1n) is 6.04. The van der Waals surface area contributed by atoms with E-state index in [1.807, 2.05) is 11.9 Å². The van der Waals surface area contributed by atoms with Crippen molar-refractivity contribution < 1.29 is 13.2 Å². The van der Waals surface area contributed by atoms with E-state index in [-0.39, 0.29) is 23.3 Å². The Balaban J connectivity index is 2.25. The number of benzene rings is 1. The van der Waals surface area contributed by atoms with Crippen LogP contribution in [0.15, 0.2) is 18.2 Å². The molecule has 1 aliphatic heterocycles. The van der Waals surface area contributed by atoms with Gasteiger partial charge >= 0.3 is 0 Å². The Morgan fingerprint density at radius 3 is 2.58 bits per heavy atom. The van der Waals surface area contributed by atoms with Gasteiger partial charge in [0.05, 0.1) is 22.2 Å². The van der Waals surface area contributed by atoms with Gasteiger partial charge in [-0.15, -0.1) is 0 Å². The molecule has 0 aliphatic carbocycles. The normalized spacial score (nSPS) is 21.3. The van der Waals surface area contributed by atoms with Crippen molar-refractivity contribution in [3.63, 3.8) is 0 Å². The highest BCUT2D eigenvalue weighted by atomic mass is 35.5. The molecule has 1 aliphatic rings. The maximum atomic E-state index is 11.5. The lowest BCUT2D eigenvalue weighted by Crippen LogP contribution is -2.32. The number of Topliss-reactive ketones (excluding diaryl/α,β-unsaturated/α-hetero) is 1. The number of halogens is 1. The number of nitrogens with zero attached hydrogens (tertiary/aromatic N) is 1. The topological polar surface area (TPSA) is 54.5 Å². The van der Waals surface area contributed by atoms with Crippen LogP contribution in [0.3, 0.4) is 0 Å².